The topological polar surface area (TPSA) is 79.5 Å². The standard InChI is InChI=1S/C19H21NO4/c1-3-15-14(18(22)23)9-16(24-15)17(21)20-13-10-19(2,11-13)12-7-5-4-6-8-12/h4-9,13H,3,10-11H2,1-2H3,(H,20,21)(H,22,23). The lowest BCUT2D eigenvalue weighted by molar-refractivity contribution is 0.0693. The number of rotatable bonds is 5. The lowest BCUT2D eigenvalue weighted by Crippen LogP contribution is -2.51. The molecule has 24 heavy (non-hydrogen) atoms. The van der Waals surface area contributed by atoms with Gasteiger partial charge in [-0.15, -0.1) is 0 Å². The van der Waals surface area contributed by atoms with E-state index >= 15 is 0 Å². The number of carboxylic acids is 1. The summed E-state index contributed by atoms with van der Waals surface area (Å²) >= 11 is 0. The molecule has 5 nitrogen and oxygen atoms in total. The summed E-state index contributed by atoms with van der Waals surface area (Å²) in [6, 6.07) is 11.6. The fourth-order valence-corrected chi connectivity index (χ4v) is 3.45. The van der Waals surface area contributed by atoms with E-state index in [0.29, 0.717) is 12.2 Å². The number of aryl methyl sites for hydroxylation is 1. The largest absolute Gasteiger partial charge is 0.478 e. The van der Waals surface area contributed by atoms with Gasteiger partial charge in [0, 0.05) is 18.5 Å². The molecule has 2 N–H and O–H groups in total. The van der Waals surface area contributed by atoms with Crippen molar-refractivity contribution in [2.45, 2.75) is 44.6 Å². The van der Waals surface area contributed by atoms with Crippen LogP contribution in [-0.4, -0.2) is 23.0 Å². The summed E-state index contributed by atoms with van der Waals surface area (Å²) in [6.45, 7) is 3.99. The quantitative estimate of drug-likeness (QED) is 0.882. The van der Waals surface area contributed by atoms with Gasteiger partial charge >= 0.3 is 5.97 Å². The van der Waals surface area contributed by atoms with E-state index in [-0.39, 0.29) is 28.7 Å². The molecule has 1 amide bonds. The number of carbonyl (C=O) groups is 2. The fourth-order valence-electron chi connectivity index (χ4n) is 3.45. The molecule has 1 saturated carbocycles. The minimum atomic E-state index is -1.07. The van der Waals surface area contributed by atoms with Crippen molar-refractivity contribution in [2.24, 2.45) is 0 Å². The Bertz CT molecular complexity index is 757. The normalized spacial score (nSPS) is 22.7. The lowest BCUT2D eigenvalue weighted by Gasteiger charge is -2.45. The Labute approximate surface area is 140 Å². The highest BCUT2D eigenvalue weighted by molar-refractivity contribution is 5.96. The highest BCUT2D eigenvalue weighted by Gasteiger charge is 2.42. The number of carboxylic acid groups (broad SMARTS) is 1. The molecule has 0 radical (unpaired) electrons. The van der Waals surface area contributed by atoms with Crippen molar-refractivity contribution in [2.75, 3.05) is 0 Å². The van der Waals surface area contributed by atoms with E-state index in [1.165, 1.54) is 11.6 Å². The SMILES string of the molecule is CCc1oc(C(=O)NC2CC(C)(c3ccccc3)C2)cc1C(=O)O. The average Bonchev–Trinajstić information content (AvgIpc) is 2.98. The van der Waals surface area contributed by atoms with Gasteiger partial charge in [-0.2, -0.15) is 0 Å². The van der Waals surface area contributed by atoms with E-state index in [1.807, 2.05) is 18.2 Å². The summed E-state index contributed by atoms with van der Waals surface area (Å²) in [5, 5.41) is 12.1. The van der Waals surface area contributed by atoms with Crippen LogP contribution in [-0.2, 0) is 11.8 Å². The van der Waals surface area contributed by atoms with E-state index in [4.69, 9.17) is 9.52 Å². The molecule has 1 fully saturated rings. The molecule has 1 aliphatic carbocycles. The highest BCUT2D eigenvalue weighted by Crippen LogP contribution is 2.43. The second-order valence-corrected chi connectivity index (χ2v) is 6.61. The van der Waals surface area contributed by atoms with Crippen molar-refractivity contribution >= 4 is 11.9 Å². The van der Waals surface area contributed by atoms with Crippen molar-refractivity contribution in [3.63, 3.8) is 0 Å². The summed E-state index contributed by atoms with van der Waals surface area (Å²) in [7, 11) is 0. The van der Waals surface area contributed by atoms with E-state index < -0.39 is 5.97 Å². The summed E-state index contributed by atoms with van der Waals surface area (Å²) in [6.07, 6.45) is 2.15. The molecule has 1 heterocycles. The lowest BCUT2D eigenvalue weighted by atomic mass is 9.63. The van der Waals surface area contributed by atoms with Crippen LogP contribution in [0.2, 0.25) is 0 Å². The molecule has 0 atom stereocenters. The minimum absolute atomic E-state index is 0.0605. The summed E-state index contributed by atoms with van der Waals surface area (Å²) in [5.41, 5.74) is 1.41. The zero-order valence-corrected chi connectivity index (χ0v) is 13.8. The molecular weight excluding hydrogens is 306 g/mol. The van der Waals surface area contributed by atoms with E-state index in [2.05, 4.69) is 24.4 Å². The van der Waals surface area contributed by atoms with E-state index in [1.54, 1.807) is 6.92 Å². The molecule has 0 spiro atoms. The molecule has 5 heteroatoms. The average molecular weight is 327 g/mol. The number of aromatic carboxylic acids is 1. The Morgan fingerprint density at radius 3 is 2.50 bits per heavy atom. The molecule has 1 aromatic heterocycles. The van der Waals surface area contributed by atoms with E-state index in [9.17, 15) is 9.59 Å². The first-order valence-corrected chi connectivity index (χ1v) is 8.15. The maximum absolute atomic E-state index is 12.3. The molecule has 0 aliphatic heterocycles. The molecule has 126 valence electrons. The fraction of sp³-hybridized carbons (Fsp3) is 0.368. The van der Waals surface area contributed by atoms with Gasteiger partial charge in [0.05, 0.1) is 0 Å². The number of amides is 1. The van der Waals surface area contributed by atoms with Gasteiger partial charge in [0.2, 0.25) is 0 Å². The third kappa shape index (κ3) is 2.94. The predicted octanol–water partition coefficient (Wildman–Crippen LogP) is 3.39. The number of hydrogen-bond donors (Lipinski definition) is 2. The summed E-state index contributed by atoms with van der Waals surface area (Å²) in [4.78, 5) is 23.5. The number of carbonyl (C=O) groups excluding carboxylic acids is 1. The van der Waals surface area contributed by atoms with Crippen LogP contribution in [0, 0.1) is 0 Å². The van der Waals surface area contributed by atoms with Crippen molar-refractivity contribution in [3.8, 4) is 0 Å². The van der Waals surface area contributed by atoms with Crippen molar-refractivity contribution in [1.29, 1.82) is 0 Å². The molecule has 0 saturated heterocycles. The predicted molar refractivity (Wildman–Crippen MR) is 89.3 cm³/mol. The maximum Gasteiger partial charge on any atom is 0.339 e. The third-order valence-corrected chi connectivity index (χ3v) is 4.78. The van der Waals surface area contributed by atoms with Gasteiger partial charge in [-0.3, -0.25) is 4.79 Å². The number of nitrogens with one attached hydrogen (secondary N) is 1. The Morgan fingerprint density at radius 1 is 1.29 bits per heavy atom. The van der Waals surface area contributed by atoms with Crippen LogP contribution in [0.1, 0.15) is 58.9 Å². The van der Waals surface area contributed by atoms with Crippen molar-refractivity contribution < 1.29 is 19.1 Å². The Balaban J connectivity index is 1.64. The minimum Gasteiger partial charge on any atom is -0.478 e. The smallest absolute Gasteiger partial charge is 0.339 e. The van der Waals surface area contributed by atoms with Gasteiger partial charge in [-0.1, -0.05) is 44.2 Å². The molecule has 0 unspecified atom stereocenters. The Kier molecular flexibility index (Phi) is 4.18. The van der Waals surface area contributed by atoms with Crippen LogP contribution >= 0.6 is 0 Å². The van der Waals surface area contributed by atoms with Gasteiger partial charge < -0.3 is 14.8 Å². The van der Waals surface area contributed by atoms with Crippen LogP contribution in [0.25, 0.3) is 0 Å². The molecule has 2 aromatic rings. The first kappa shape index (κ1) is 16.3. The highest BCUT2D eigenvalue weighted by atomic mass is 16.4. The third-order valence-electron chi connectivity index (χ3n) is 4.78. The van der Waals surface area contributed by atoms with Gasteiger partial charge in [0.1, 0.15) is 11.3 Å². The molecule has 3 rings (SSSR count). The van der Waals surface area contributed by atoms with Crippen LogP contribution in [0.4, 0.5) is 0 Å². The van der Waals surface area contributed by atoms with Gasteiger partial charge in [0.25, 0.3) is 5.91 Å². The summed E-state index contributed by atoms with van der Waals surface area (Å²) < 4.78 is 5.40. The van der Waals surface area contributed by atoms with Crippen molar-refractivity contribution in [3.05, 3.63) is 59.0 Å². The number of benzene rings is 1. The Hall–Kier alpha value is -2.56. The van der Waals surface area contributed by atoms with Crippen molar-refractivity contribution in [1.82, 2.24) is 5.32 Å². The van der Waals surface area contributed by atoms with Crippen LogP contribution < -0.4 is 5.32 Å². The molecule has 0 bridgehead atoms. The first-order valence-electron chi connectivity index (χ1n) is 8.15. The summed E-state index contributed by atoms with van der Waals surface area (Å²) in [5.74, 6) is -1.03. The number of furan rings is 1. The number of hydrogen-bond acceptors (Lipinski definition) is 3. The monoisotopic (exact) mass is 327 g/mol. The van der Waals surface area contributed by atoms with Crippen LogP contribution in [0.3, 0.4) is 0 Å². The first-order chi connectivity index (χ1) is 11.4. The molecule has 1 aliphatic rings. The van der Waals surface area contributed by atoms with E-state index in [0.717, 1.165) is 12.8 Å². The maximum atomic E-state index is 12.3. The van der Waals surface area contributed by atoms with Crippen LogP contribution in [0.15, 0.2) is 40.8 Å². The Morgan fingerprint density at radius 2 is 1.96 bits per heavy atom. The second-order valence-electron chi connectivity index (χ2n) is 6.61. The molecule has 1 aromatic carbocycles. The molecular formula is C19H21NO4. The zero-order valence-electron chi connectivity index (χ0n) is 13.8. The second kappa shape index (κ2) is 6.15. The van der Waals surface area contributed by atoms with Gasteiger partial charge in [0.15, 0.2) is 5.76 Å². The zero-order chi connectivity index (χ0) is 17.3. The van der Waals surface area contributed by atoms with Gasteiger partial charge in [-0.05, 0) is 23.8 Å². The van der Waals surface area contributed by atoms with Gasteiger partial charge in [-0.25, -0.2) is 4.79 Å². The van der Waals surface area contributed by atoms with Crippen LogP contribution in [0.5, 0.6) is 0 Å².